The first-order valence-corrected chi connectivity index (χ1v) is 6.04. The number of aromatic nitrogens is 2. The highest BCUT2D eigenvalue weighted by molar-refractivity contribution is 9.10. The van der Waals surface area contributed by atoms with Gasteiger partial charge in [-0.15, -0.1) is 0 Å². The van der Waals surface area contributed by atoms with E-state index in [1.807, 2.05) is 30.6 Å². The highest BCUT2D eigenvalue weighted by Gasteiger charge is 2.04. The van der Waals surface area contributed by atoms with Gasteiger partial charge < -0.3 is 10.3 Å². The lowest BCUT2D eigenvalue weighted by Gasteiger charge is -2.09. The molecule has 4 heteroatoms. The summed E-state index contributed by atoms with van der Waals surface area (Å²) < 4.78 is 3.13. The van der Waals surface area contributed by atoms with Gasteiger partial charge in [0.25, 0.3) is 0 Å². The summed E-state index contributed by atoms with van der Waals surface area (Å²) in [4.78, 5) is 4.29. The van der Waals surface area contributed by atoms with Gasteiger partial charge in [0.15, 0.2) is 0 Å². The number of hydrogen-bond acceptors (Lipinski definition) is 2. The first-order chi connectivity index (χ1) is 7.70. The molecule has 0 fully saturated rings. The second-order valence-corrected chi connectivity index (χ2v) is 4.58. The maximum Gasteiger partial charge on any atom is 0.108 e. The maximum atomic E-state index is 5.97. The van der Waals surface area contributed by atoms with Crippen molar-refractivity contribution in [1.29, 1.82) is 0 Å². The quantitative estimate of drug-likeness (QED) is 0.878. The Bertz CT molecular complexity index is 491. The van der Waals surface area contributed by atoms with E-state index < -0.39 is 0 Å². The van der Waals surface area contributed by atoms with Crippen LogP contribution in [-0.2, 0) is 13.0 Å². The predicted molar refractivity (Wildman–Crippen MR) is 69.3 cm³/mol. The van der Waals surface area contributed by atoms with Crippen LogP contribution in [0.1, 0.15) is 18.3 Å². The molecule has 2 rings (SSSR count). The lowest BCUT2D eigenvalue weighted by Crippen LogP contribution is -2.05. The molecular weight excluding hydrogens is 266 g/mol. The molecule has 0 atom stereocenters. The van der Waals surface area contributed by atoms with Crippen LogP contribution in [0.25, 0.3) is 0 Å². The molecule has 0 spiro atoms. The average molecular weight is 280 g/mol. The van der Waals surface area contributed by atoms with Crippen LogP contribution < -0.4 is 5.73 Å². The van der Waals surface area contributed by atoms with Crippen molar-refractivity contribution in [2.45, 2.75) is 19.9 Å². The lowest BCUT2D eigenvalue weighted by atomic mass is 10.2. The van der Waals surface area contributed by atoms with Crippen molar-refractivity contribution in [2.24, 2.45) is 0 Å². The Morgan fingerprint density at radius 1 is 1.44 bits per heavy atom. The largest absolute Gasteiger partial charge is 0.398 e. The number of anilines is 1. The van der Waals surface area contributed by atoms with Crippen molar-refractivity contribution in [3.05, 3.63) is 46.5 Å². The average Bonchev–Trinajstić information content (AvgIpc) is 2.69. The summed E-state index contributed by atoms with van der Waals surface area (Å²) in [6, 6.07) is 5.98. The number of benzene rings is 1. The topological polar surface area (TPSA) is 43.8 Å². The number of aryl methyl sites for hydroxylation is 1. The van der Waals surface area contributed by atoms with Crippen LogP contribution >= 0.6 is 15.9 Å². The Hall–Kier alpha value is -1.29. The number of rotatable bonds is 3. The molecule has 16 heavy (non-hydrogen) atoms. The van der Waals surface area contributed by atoms with E-state index in [2.05, 4.69) is 32.4 Å². The molecule has 0 aliphatic heterocycles. The molecule has 0 saturated heterocycles. The highest BCUT2D eigenvalue weighted by atomic mass is 79.9. The normalized spacial score (nSPS) is 10.6. The Morgan fingerprint density at radius 3 is 2.94 bits per heavy atom. The van der Waals surface area contributed by atoms with Crippen molar-refractivity contribution in [3.8, 4) is 0 Å². The molecule has 3 nitrogen and oxygen atoms in total. The van der Waals surface area contributed by atoms with E-state index >= 15 is 0 Å². The first-order valence-electron chi connectivity index (χ1n) is 5.24. The third kappa shape index (κ3) is 2.27. The standard InChI is InChI=1S/C12H14BrN3/c1-2-12-15-5-6-16(12)8-9-3-4-10(13)7-11(9)14/h3-7H,2,8,14H2,1H3. The van der Waals surface area contributed by atoms with Crippen molar-refractivity contribution in [3.63, 3.8) is 0 Å². The fourth-order valence-electron chi connectivity index (χ4n) is 1.69. The fourth-order valence-corrected chi connectivity index (χ4v) is 2.07. The molecule has 1 heterocycles. The fraction of sp³-hybridized carbons (Fsp3) is 0.250. The van der Waals surface area contributed by atoms with Crippen molar-refractivity contribution >= 4 is 21.6 Å². The maximum absolute atomic E-state index is 5.97. The van der Waals surface area contributed by atoms with Crippen LogP contribution in [0.4, 0.5) is 5.69 Å². The van der Waals surface area contributed by atoms with E-state index in [0.717, 1.165) is 34.5 Å². The van der Waals surface area contributed by atoms with E-state index in [1.54, 1.807) is 0 Å². The zero-order valence-electron chi connectivity index (χ0n) is 9.15. The third-order valence-electron chi connectivity index (χ3n) is 2.57. The summed E-state index contributed by atoms with van der Waals surface area (Å²) in [6.45, 7) is 2.88. The molecule has 0 radical (unpaired) electrons. The molecule has 84 valence electrons. The van der Waals surface area contributed by atoms with E-state index in [1.165, 1.54) is 0 Å². The van der Waals surface area contributed by atoms with E-state index in [4.69, 9.17) is 5.73 Å². The van der Waals surface area contributed by atoms with Gasteiger partial charge in [0.1, 0.15) is 5.82 Å². The van der Waals surface area contributed by atoms with Gasteiger partial charge in [0.2, 0.25) is 0 Å². The molecule has 0 bridgehead atoms. The van der Waals surface area contributed by atoms with Gasteiger partial charge in [-0.05, 0) is 17.7 Å². The SMILES string of the molecule is CCc1nccn1Cc1ccc(Br)cc1N. The Labute approximate surface area is 103 Å². The summed E-state index contributed by atoms with van der Waals surface area (Å²) in [5, 5.41) is 0. The number of hydrogen-bond donors (Lipinski definition) is 1. The van der Waals surface area contributed by atoms with Gasteiger partial charge in [-0.2, -0.15) is 0 Å². The Morgan fingerprint density at radius 2 is 2.25 bits per heavy atom. The van der Waals surface area contributed by atoms with Crippen LogP contribution in [0.5, 0.6) is 0 Å². The van der Waals surface area contributed by atoms with Gasteiger partial charge in [-0.25, -0.2) is 4.98 Å². The van der Waals surface area contributed by atoms with Crippen molar-refractivity contribution < 1.29 is 0 Å². The van der Waals surface area contributed by atoms with Crippen LogP contribution in [-0.4, -0.2) is 9.55 Å². The van der Waals surface area contributed by atoms with Crippen LogP contribution in [0.15, 0.2) is 35.1 Å². The number of nitrogen functional groups attached to an aromatic ring is 1. The minimum atomic E-state index is 0.780. The second-order valence-electron chi connectivity index (χ2n) is 3.67. The van der Waals surface area contributed by atoms with Crippen LogP contribution in [0, 0.1) is 0 Å². The van der Waals surface area contributed by atoms with E-state index in [-0.39, 0.29) is 0 Å². The molecule has 0 saturated carbocycles. The van der Waals surface area contributed by atoms with E-state index in [0.29, 0.717) is 0 Å². The molecule has 2 N–H and O–H groups in total. The third-order valence-corrected chi connectivity index (χ3v) is 3.06. The minimum Gasteiger partial charge on any atom is -0.398 e. The molecule has 0 amide bonds. The van der Waals surface area contributed by atoms with Crippen molar-refractivity contribution in [2.75, 3.05) is 5.73 Å². The van der Waals surface area contributed by atoms with Gasteiger partial charge >= 0.3 is 0 Å². The molecule has 2 aromatic rings. The molecule has 1 aromatic heterocycles. The smallest absolute Gasteiger partial charge is 0.108 e. The molecular formula is C12H14BrN3. The summed E-state index contributed by atoms with van der Waals surface area (Å²) in [5.41, 5.74) is 7.90. The molecule has 0 unspecified atom stereocenters. The monoisotopic (exact) mass is 279 g/mol. The summed E-state index contributed by atoms with van der Waals surface area (Å²) in [7, 11) is 0. The molecule has 0 aliphatic carbocycles. The molecule has 0 aliphatic rings. The van der Waals surface area contributed by atoms with Gasteiger partial charge in [-0.3, -0.25) is 0 Å². The zero-order valence-corrected chi connectivity index (χ0v) is 10.7. The summed E-state index contributed by atoms with van der Waals surface area (Å²) >= 11 is 3.40. The minimum absolute atomic E-state index is 0.780. The van der Waals surface area contributed by atoms with Gasteiger partial charge in [-0.1, -0.05) is 28.9 Å². The van der Waals surface area contributed by atoms with Crippen molar-refractivity contribution in [1.82, 2.24) is 9.55 Å². The number of nitrogens with zero attached hydrogens (tertiary/aromatic N) is 2. The number of imidazole rings is 1. The summed E-state index contributed by atoms with van der Waals surface area (Å²) in [6.07, 6.45) is 4.75. The predicted octanol–water partition coefficient (Wildman–Crippen LogP) is 2.84. The number of nitrogens with two attached hydrogens (primary N) is 1. The van der Waals surface area contributed by atoms with Gasteiger partial charge in [0.05, 0.1) is 6.54 Å². The molecule has 1 aromatic carbocycles. The first kappa shape index (κ1) is 11.2. The van der Waals surface area contributed by atoms with E-state index in [9.17, 15) is 0 Å². The van der Waals surface area contributed by atoms with Crippen LogP contribution in [0.3, 0.4) is 0 Å². The van der Waals surface area contributed by atoms with Gasteiger partial charge in [0, 0.05) is 29.0 Å². The Kier molecular flexibility index (Phi) is 3.29. The number of halogens is 1. The summed E-state index contributed by atoms with van der Waals surface area (Å²) in [5.74, 6) is 1.09. The van der Waals surface area contributed by atoms with Crippen LogP contribution in [0.2, 0.25) is 0 Å². The zero-order chi connectivity index (χ0) is 11.5. The second kappa shape index (κ2) is 4.70. The lowest BCUT2D eigenvalue weighted by molar-refractivity contribution is 0.733. The Balaban J connectivity index is 2.27. The highest BCUT2D eigenvalue weighted by Crippen LogP contribution is 2.19.